The van der Waals surface area contributed by atoms with Gasteiger partial charge in [-0.1, -0.05) is 24.3 Å². The number of cyclic esters (lactones) is 1. The van der Waals surface area contributed by atoms with E-state index in [0.29, 0.717) is 27.9 Å². The fourth-order valence-electron chi connectivity index (χ4n) is 4.75. The van der Waals surface area contributed by atoms with Gasteiger partial charge in [0.1, 0.15) is 11.6 Å². The SMILES string of the molecule is O=C1OCC2C1Cc1c(F)cc(F)cc1[C@@H]2C=Cc1ccc(-c2cccc(C(F)(F)F)c2)cn1. The number of pyridine rings is 1. The number of carbonyl (C=O) groups is 1. The molecule has 174 valence electrons. The average Bonchev–Trinajstić information content (AvgIpc) is 3.17. The summed E-state index contributed by atoms with van der Waals surface area (Å²) in [7, 11) is 0. The van der Waals surface area contributed by atoms with E-state index in [1.165, 1.54) is 18.3 Å². The molecule has 2 unspecified atom stereocenters. The van der Waals surface area contributed by atoms with Crippen molar-refractivity contribution in [3.05, 3.63) is 94.8 Å². The molecule has 1 aliphatic carbocycles. The van der Waals surface area contributed by atoms with E-state index < -0.39 is 35.2 Å². The highest BCUT2D eigenvalue weighted by molar-refractivity contribution is 5.76. The first-order valence-electron chi connectivity index (χ1n) is 10.7. The zero-order chi connectivity index (χ0) is 24.0. The summed E-state index contributed by atoms with van der Waals surface area (Å²) in [5, 5.41) is 0. The van der Waals surface area contributed by atoms with Crippen molar-refractivity contribution in [3.8, 4) is 11.1 Å². The Morgan fingerprint density at radius 1 is 1.03 bits per heavy atom. The van der Waals surface area contributed by atoms with Gasteiger partial charge in [0.15, 0.2) is 0 Å². The Morgan fingerprint density at radius 2 is 1.85 bits per heavy atom. The lowest BCUT2D eigenvalue weighted by Gasteiger charge is -2.31. The van der Waals surface area contributed by atoms with Crippen LogP contribution in [0.1, 0.15) is 28.3 Å². The minimum absolute atomic E-state index is 0.165. The smallest absolute Gasteiger partial charge is 0.416 e. The van der Waals surface area contributed by atoms with Gasteiger partial charge in [0, 0.05) is 29.7 Å². The maximum absolute atomic E-state index is 14.5. The van der Waals surface area contributed by atoms with Gasteiger partial charge < -0.3 is 4.74 Å². The molecule has 8 heteroatoms. The third-order valence-electron chi connectivity index (χ3n) is 6.46. The maximum atomic E-state index is 14.5. The number of esters is 1. The van der Waals surface area contributed by atoms with E-state index in [0.717, 1.165) is 18.2 Å². The highest BCUT2D eigenvalue weighted by Crippen LogP contribution is 2.45. The van der Waals surface area contributed by atoms with E-state index in [9.17, 15) is 26.7 Å². The predicted molar refractivity (Wildman–Crippen MR) is 114 cm³/mol. The number of hydrogen-bond acceptors (Lipinski definition) is 3. The Labute approximate surface area is 191 Å². The van der Waals surface area contributed by atoms with Crippen LogP contribution >= 0.6 is 0 Å². The topological polar surface area (TPSA) is 39.2 Å². The molecule has 3 atom stereocenters. The Hall–Kier alpha value is -3.55. The number of halogens is 5. The second-order valence-electron chi connectivity index (χ2n) is 8.50. The van der Waals surface area contributed by atoms with Gasteiger partial charge in [-0.25, -0.2) is 8.78 Å². The lowest BCUT2D eigenvalue weighted by atomic mass is 9.70. The minimum Gasteiger partial charge on any atom is -0.465 e. The summed E-state index contributed by atoms with van der Waals surface area (Å²) in [6.45, 7) is 0.165. The second kappa shape index (κ2) is 8.34. The third kappa shape index (κ3) is 4.08. The van der Waals surface area contributed by atoms with Crippen LogP contribution in [0.25, 0.3) is 17.2 Å². The van der Waals surface area contributed by atoms with Crippen LogP contribution in [-0.2, 0) is 22.1 Å². The zero-order valence-electron chi connectivity index (χ0n) is 17.7. The van der Waals surface area contributed by atoms with Gasteiger partial charge in [-0.2, -0.15) is 13.2 Å². The van der Waals surface area contributed by atoms with Crippen LogP contribution < -0.4 is 0 Å². The normalized spacial score (nSPS) is 21.9. The molecular formula is C26H18F5NO2. The van der Waals surface area contributed by atoms with Gasteiger partial charge in [-0.15, -0.1) is 0 Å². The van der Waals surface area contributed by atoms with E-state index >= 15 is 0 Å². The molecule has 1 aromatic heterocycles. The number of carbonyl (C=O) groups excluding carboxylic acids is 1. The van der Waals surface area contributed by atoms with Crippen molar-refractivity contribution in [3.63, 3.8) is 0 Å². The lowest BCUT2D eigenvalue weighted by Crippen LogP contribution is -2.30. The van der Waals surface area contributed by atoms with Crippen LogP contribution in [-0.4, -0.2) is 17.6 Å². The zero-order valence-corrected chi connectivity index (χ0v) is 17.7. The summed E-state index contributed by atoms with van der Waals surface area (Å²) < 4.78 is 72.6. The fourth-order valence-corrected chi connectivity index (χ4v) is 4.75. The van der Waals surface area contributed by atoms with Crippen molar-refractivity contribution in [2.24, 2.45) is 11.8 Å². The first-order valence-corrected chi connectivity index (χ1v) is 10.7. The van der Waals surface area contributed by atoms with Crippen molar-refractivity contribution in [1.82, 2.24) is 4.98 Å². The largest absolute Gasteiger partial charge is 0.465 e. The van der Waals surface area contributed by atoms with Gasteiger partial charge in [-0.3, -0.25) is 9.78 Å². The molecule has 1 aliphatic heterocycles. The van der Waals surface area contributed by atoms with Crippen molar-refractivity contribution in [2.75, 3.05) is 6.61 Å². The Kier molecular flexibility index (Phi) is 5.46. The average molecular weight is 471 g/mol. The molecule has 0 radical (unpaired) electrons. The van der Waals surface area contributed by atoms with E-state index in [1.54, 1.807) is 30.4 Å². The number of ether oxygens (including phenoxy) is 1. The number of rotatable bonds is 3. The first kappa shape index (κ1) is 22.3. The molecule has 2 aromatic carbocycles. The summed E-state index contributed by atoms with van der Waals surface area (Å²) in [4.78, 5) is 16.5. The van der Waals surface area contributed by atoms with Gasteiger partial charge in [0.05, 0.1) is 23.8 Å². The molecule has 0 amide bonds. The van der Waals surface area contributed by atoms with Crippen LogP contribution in [0.15, 0.2) is 60.8 Å². The maximum Gasteiger partial charge on any atom is 0.416 e. The third-order valence-corrected chi connectivity index (χ3v) is 6.46. The molecule has 0 saturated carbocycles. The first-order chi connectivity index (χ1) is 16.2. The molecule has 1 fully saturated rings. The van der Waals surface area contributed by atoms with Gasteiger partial charge in [-0.05, 0) is 53.5 Å². The summed E-state index contributed by atoms with van der Waals surface area (Å²) in [5.74, 6) is -2.96. The van der Waals surface area contributed by atoms with Crippen molar-refractivity contribution >= 4 is 12.0 Å². The van der Waals surface area contributed by atoms with Crippen molar-refractivity contribution in [2.45, 2.75) is 18.5 Å². The molecular weight excluding hydrogens is 453 g/mol. The van der Waals surface area contributed by atoms with Crippen LogP contribution in [0, 0.1) is 23.5 Å². The molecule has 3 aromatic rings. The molecule has 0 bridgehead atoms. The van der Waals surface area contributed by atoms with Gasteiger partial charge in [0.2, 0.25) is 0 Å². The molecule has 2 heterocycles. The Balaban J connectivity index is 1.44. The minimum atomic E-state index is -4.44. The van der Waals surface area contributed by atoms with Crippen LogP contribution in [0.3, 0.4) is 0 Å². The highest BCUT2D eigenvalue weighted by Gasteiger charge is 2.46. The van der Waals surface area contributed by atoms with Crippen molar-refractivity contribution in [1.29, 1.82) is 0 Å². The number of aromatic nitrogens is 1. The molecule has 2 aliphatic rings. The monoisotopic (exact) mass is 471 g/mol. The number of benzene rings is 2. The Morgan fingerprint density at radius 3 is 2.59 bits per heavy atom. The van der Waals surface area contributed by atoms with Crippen LogP contribution in [0.2, 0.25) is 0 Å². The molecule has 3 nitrogen and oxygen atoms in total. The predicted octanol–water partition coefficient (Wildman–Crippen LogP) is 6.19. The number of nitrogens with zero attached hydrogens (tertiary/aromatic N) is 1. The number of alkyl halides is 3. The second-order valence-corrected chi connectivity index (χ2v) is 8.50. The van der Waals surface area contributed by atoms with E-state index in [1.807, 2.05) is 0 Å². The van der Waals surface area contributed by atoms with Gasteiger partial charge in [0.25, 0.3) is 0 Å². The summed E-state index contributed by atoms with van der Waals surface area (Å²) >= 11 is 0. The molecule has 34 heavy (non-hydrogen) atoms. The summed E-state index contributed by atoms with van der Waals surface area (Å²) in [6.07, 6.45) is 0.624. The van der Waals surface area contributed by atoms with E-state index in [2.05, 4.69) is 4.98 Å². The van der Waals surface area contributed by atoms with Gasteiger partial charge >= 0.3 is 12.1 Å². The number of hydrogen-bond donors (Lipinski definition) is 0. The van der Waals surface area contributed by atoms with Crippen LogP contribution in [0.4, 0.5) is 22.0 Å². The summed E-state index contributed by atoms with van der Waals surface area (Å²) in [6, 6.07) is 10.4. The highest BCUT2D eigenvalue weighted by atomic mass is 19.4. The quantitative estimate of drug-likeness (QED) is 0.338. The summed E-state index contributed by atoms with van der Waals surface area (Å²) in [5.41, 5.74) is 1.46. The molecule has 1 saturated heterocycles. The van der Waals surface area contributed by atoms with E-state index in [4.69, 9.17) is 4.74 Å². The lowest BCUT2D eigenvalue weighted by molar-refractivity contribution is -0.141. The number of fused-ring (bicyclic) bond motifs is 2. The van der Waals surface area contributed by atoms with Crippen LogP contribution in [0.5, 0.6) is 0 Å². The molecule has 0 spiro atoms. The standard InChI is InChI=1S/C26H18F5NO2/c27-17-9-20-19(23-13-34-25(33)22(23)11-21(20)24(28)10-17)7-6-18-5-4-15(12-32-18)14-2-1-3-16(8-14)26(29,30)31/h1-10,12,19,22-23H,11,13H2/t19-,22?,23?/m0/s1. The molecule has 0 N–H and O–H groups in total. The van der Waals surface area contributed by atoms with E-state index in [-0.39, 0.29) is 24.9 Å². The van der Waals surface area contributed by atoms with Crippen molar-refractivity contribution < 1.29 is 31.5 Å². The molecule has 5 rings (SSSR count). The number of allylic oxidation sites excluding steroid dienone is 1. The fraction of sp³-hybridized carbons (Fsp3) is 0.231. The Bertz CT molecular complexity index is 1280.